The normalized spacial score (nSPS) is 12.7. The van der Waals surface area contributed by atoms with Crippen molar-refractivity contribution in [3.63, 3.8) is 0 Å². The quantitative estimate of drug-likeness (QED) is 0.676. The third-order valence-electron chi connectivity index (χ3n) is 4.17. The first-order valence-corrected chi connectivity index (χ1v) is 7.84. The van der Waals surface area contributed by atoms with Crippen molar-refractivity contribution in [2.45, 2.75) is 6.92 Å². The molecule has 3 aromatic rings. The van der Waals surface area contributed by atoms with E-state index in [1.807, 2.05) is 42.5 Å². The average molecular weight is 317 g/mol. The Labute approximate surface area is 139 Å². The van der Waals surface area contributed by atoms with E-state index in [1.54, 1.807) is 30.0 Å². The molecule has 0 aliphatic carbocycles. The lowest BCUT2D eigenvalue weighted by Crippen LogP contribution is -2.21. The maximum Gasteiger partial charge on any atom is 0.338 e. The summed E-state index contributed by atoms with van der Waals surface area (Å²) in [5, 5.41) is 1.98. The molecule has 1 aliphatic heterocycles. The molecule has 0 saturated carbocycles. The standard InChI is InChI=1S/C20H15NO3/c1-2-24-20(23)14-8-3-9-15(12-14)21-17-11-5-7-13-6-4-10-16(18(13)17)19(21)22/h3-12H,2H2,1H3. The van der Waals surface area contributed by atoms with Crippen LogP contribution in [0.3, 0.4) is 0 Å². The molecule has 0 atom stereocenters. The molecule has 1 amide bonds. The molecule has 24 heavy (non-hydrogen) atoms. The summed E-state index contributed by atoms with van der Waals surface area (Å²) in [6.07, 6.45) is 0. The van der Waals surface area contributed by atoms with Crippen molar-refractivity contribution in [3.8, 4) is 0 Å². The van der Waals surface area contributed by atoms with Gasteiger partial charge in [-0.25, -0.2) is 4.79 Å². The third kappa shape index (κ3) is 2.07. The highest BCUT2D eigenvalue weighted by atomic mass is 16.5. The summed E-state index contributed by atoms with van der Waals surface area (Å²) in [6, 6.07) is 18.5. The van der Waals surface area contributed by atoms with Gasteiger partial charge in [-0.2, -0.15) is 0 Å². The van der Waals surface area contributed by atoms with E-state index in [2.05, 4.69) is 0 Å². The van der Waals surface area contributed by atoms with Gasteiger partial charge in [-0.05, 0) is 42.6 Å². The van der Waals surface area contributed by atoms with Crippen LogP contribution in [0.15, 0.2) is 60.7 Å². The topological polar surface area (TPSA) is 46.6 Å². The highest BCUT2D eigenvalue weighted by molar-refractivity contribution is 6.27. The van der Waals surface area contributed by atoms with Crippen molar-refractivity contribution in [3.05, 3.63) is 71.8 Å². The minimum Gasteiger partial charge on any atom is -0.462 e. The Balaban J connectivity index is 1.85. The Morgan fingerprint density at radius 3 is 2.58 bits per heavy atom. The number of amides is 1. The monoisotopic (exact) mass is 317 g/mol. The van der Waals surface area contributed by atoms with Crippen LogP contribution in [-0.2, 0) is 4.74 Å². The minimum atomic E-state index is -0.387. The second-order valence-corrected chi connectivity index (χ2v) is 5.59. The molecule has 0 unspecified atom stereocenters. The summed E-state index contributed by atoms with van der Waals surface area (Å²) < 4.78 is 5.05. The van der Waals surface area contributed by atoms with Crippen molar-refractivity contribution in [1.29, 1.82) is 0 Å². The molecule has 1 aliphatic rings. The Bertz CT molecular complexity index is 972. The maximum atomic E-state index is 12.9. The van der Waals surface area contributed by atoms with Crippen LogP contribution in [0, 0.1) is 0 Å². The van der Waals surface area contributed by atoms with Crippen molar-refractivity contribution in [1.82, 2.24) is 0 Å². The average Bonchev–Trinajstić information content (AvgIpc) is 2.90. The lowest BCUT2D eigenvalue weighted by atomic mass is 10.1. The second-order valence-electron chi connectivity index (χ2n) is 5.59. The van der Waals surface area contributed by atoms with Crippen LogP contribution in [-0.4, -0.2) is 18.5 Å². The Morgan fingerprint density at radius 2 is 1.79 bits per heavy atom. The summed E-state index contributed by atoms with van der Waals surface area (Å²) >= 11 is 0. The number of esters is 1. The van der Waals surface area contributed by atoms with Gasteiger partial charge in [0.1, 0.15) is 0 Å². The zero-order chi connectivity index (χ0) is 16.7. The number of benzene rings is 3. The largest absolute Gasteiger partial charge is 0.462 e. The number of hydrogen-bond donors (Lipinski definition) is 0. The molecule has 0 aromatic heterocycles. The molecule has 118 valence electrons. The molecule has 0 radical (unpaired) electrons. The smallest absolute Gasteiger partial charge is 0.338 e. The fraction of sp³-hybridized carbons (Fsp3) is 0.100. The predicted octanol–water partition coefficient (Wildman–Crippen LogP) is 4.31. The summed E-state index contributed by atoms with van der Waals surface area (Å²) in [4.78, 5) is 26.5. The first-order valence-electron chi connectivity index (χ1n) is 7.84. The van der Waals surface area contributed by atoms with E-state index < -0.39 is 0 Å². The van der Waals surface area contributed by atoms with Crippen molar-refractivity contribution in [2.75, 3.05) is 11.5 Å². The van der Waals surface area contributed by atoms with E-state index in [0.29, 0.717) is 23.4 Å². The molecule has 4 rings (SSSR count). The SMILES string of the molecule is CCOC(=O)c1cccc(N2C(=O)c3cccc4cccc2c34)c1. The van der Waals surface area contributed by atoms with E-state index in [1.165, 1.54) is 0 Å². The van der Waals surface area contributed by atoms with Gasteiger partial charge in [0, 0.05) is 5.39 Å². The van der Waals surface area contributed by atoms with Crippen molar-refractivity contribution < 1.29 is 14.3 Å². The van der Waals surface area contributed by atoms with E-state index in [9.17, 15) is 9.59 Å². The van der Waals surface area contributed by atoms with E-state index in [0.717, 1.165) is 16.5 Å². The van der Waals surface area contributed by atoms with E-state index in [4.69, 9.17) is 4.74 Å². The van der Waals surface area contributed by atoms with E-state index in [-0.39, 0.29) is 11.9 Å². The van der Waals surface area contributed by atoms with Crippen molar-refractivity contribution >= 4 is 34.0 Å². The lowest BCUT2D eigenvalue weighted by molar-refractivity contribution is 0.0526. The van der Waals surface area contributed by atoms with Crippen LogP contribution in [0.25, 0.3) is 10.8 Å². The molecule has 0 spiro atoms. The predicted molar refractivity (Wildman–Crippen MR) is 92.8 cm³/mol. The van der Waals surface area contributed by atoms with Crippen LogP contribution in [0.2, 0.25) is 0 Å². The van der Waals surface area contributed by atoms with Crippen LogP contribution in [0.4, 0.5) is 11.4 Å². The summed E-state index contributed by atoms with van der Waals surface area (Å²) in [7, 11) is 0. The second kappa shape index (κ2) is 5.49. The number of carbonyl (C=O) groups is 2. The molecule has 0 N–H and O–H groups in total. The first-order chi connectivity index (χ1) is 11.7. The molecule has 0 bridgehead atoms. The van der Waals surface area contributed by atoms with Gasteiger partial charge in [0.15, 0.2) is 0 Å². The fourth-order valence-electron chi connectivity index (χ4n) is 3.16. The van der Waals surface area contributed by atoms with Gasteiger partial charge in [-0.15, -0.1) is 0 Å². The Morgan fingerprint density at radius 1 is 1.04 bits per heavy atom. The first kappa shape index (κ1) is 14.5. The number of ether oxygens (including phenoxy) is 1. The third-order valence-corrected chi connectivity index (χ3v) is 4.17. The lowest BCUT2D eigenvalue weighted by Gasteiger charge is -2.18. The Kier molecular flexibility index (Phi) is 3.31. The van der Waals surface area contributed by atoms with Gasteiger partial charge < -0.3 is 4.74 Å². The number of nitrogens with zero attached hydrogens (tertiary/aromatic N) is 1. The summed E-state index contributed by atoms with van der Waals surface area (Å²) in [6.45, 7) is 2.08. The summed E-state index contributed by atoms with van der Waals surface area (Å²) in [5.74, 6) is -0.468. The fourth-order valence-corrected chi connectivity index (χ4v) is 3.16. The van der Waals surface area contributed by atoms with Crippen LogP contribution >= 0.6 is 0 Å². The molecule has 0 fully saturated rings. The maximum absolute atomic E-state index is 12.9. The molecule has 1 heterocycles. The molecule has 4 heteroatoms. The van der Waals surface area contributed by atoms with Gasteiger partial charge in [-0.1, -0.05) is 30.3 Å². The number of anilines is 2. The highest BCUT2D eigenvalue weighted by Gasteiger charge is 2.30. The van der Waals surface area contributed by atoms with Gasteiger partial charge in [0.05, 0.1) is 29.1 Å². The van der Waals surface area contributed by atoms with Crippen LogP contribution in [0.1, 0.15) is 27.6 Å². The van der Waals surface area contributed by atoms with Gasteiger partial charge in [-0.3, -0.25) is 9.69 Å². The molecular formula is C20H15NO3. The zero-order valence-corrected chi connectivity index (χ0v) is 13.2. The molecule has 4 nitrogen and oxygen atoms in total. The molecule has 0 saturated heterocycles. The van der Waals surface area contributed by atoms with Gasteiger partial charge >= 0.3 is 5.97 Å². The minimum absolute atomic E-state index is 0.0807. The highest BCUT2D eigenvalue weighted by Crippen LogP contribution is 2.41. The van der Waals surface area contributed by atoms with Crippen LogP contribution < -0.4 is 4.90 Å². The number of rotatable bonds is 3. The molecular weight excluding hydrogens is 302 g/mol. The summed E-state index contributed by atoms with van der Waals surface area (Å²) in [5.41, 5.74) is 2.62. The zero-order valence-electron chi connectivity index (χ0n) is 13.2. The van der Waals surface area contributed by atoms with Gasteiger partial charge in [0.2, 0.25) is 0 Å². The van der Waals surface area contributed by atoms with Crippen molar-refractivity contribution in [2.24, 2.45) is 0 Å². The Hall–Kier alpha value is -3.14. The molecule has 3 aromatic carbocycles. The number of hydrogen-bond acceptors (Lipinski definition) is 3. The van der Waals surface area contributed by atoms with Crippen LogP contribution in [0.5, 0.6) is 0 Å². The number of carbonyl (C=O) groups excluding carboxylic acids is 2. The van der Waals surface area contributed by atoms with E-state index >= 15 is 0 Å². The van der Waals surface area contributed by atoms with Gasteiger partial charge in [0.25, 0.3) is 5.91 Å².